The molecule has 0 aromatic rings. The molecule has 14 heteroatoms. The van der Waals surface area contributed by atoms with Gasteiger partial charge in [-0.15, -0.1) is 0 Å². The van der Waals surface area contributed by atoms with Crippen molar-refractivity contribution in [1.29, 1.82) is 0 Å². The van der Waals surface area contributed by atoms with Crippen LogP contribution in [0.3, 0.4) is 0 Å². The molecule has 0 spiro atoms. The predicted molar refractivity (Wildman–Crippen MR) is 257 cm³/mol. The fourth-order valence-corrected chi connectivity index (χ4v) is 8.93. The number of carbonyl (C=O) groups excluding carboxylic acids is 1. The maximum Gasteiger partial charge on any atom is 0.306 e. The summed E-state index contributed by atoms with van der Waals surface area (Å²) in [7, 11) is 0. The van der Waals surface area contributed by atoms with Crippen LogP contribution in [-0.2, 0) is 33.2 Å². The quantitative estimate of drug-likeness (QED) is 0.0226. The highest BCUT2D eigenvalue weighted by Gasteiger charge is 2.47. The van der Waals surface area contributed by atoms with Crippen LogP contribution in [0.4, 0.5) is 0 Å². The largest absolute Gasteiger partial charge is 0.457 e. The Kier molecular flexibility index (Phi) is 37.7. The van der Waals surface area contributed by atoms with Gasteiger partial charge in [-0.3, -0.25) is 4.79 Å². The Morgan fingerprint density at radius 1 is 0.439 bits per heavy atom. The van der Waals surface area contributed by atoms with E-state index in [0.717, 1.165) is 38.5 Å². The van der Waals surface area contributed by atoms with Crippen LogP contribution in [0.2, 0.25) is 0 Å². The summed E-state index contributed by atoms with van der Waals surface area (Å²) in [6, 6.07) is 0. The summed E-state index contributed by atoms with van der Waals surface area (Å²) >= 11 is 0. The smallest absolute Gasteiger partial charge is 0.306 e. The average Bonchev–Trinajstić information content (AvgIpc) is 3.31. The molecule has 2 aliphatic rings. The lowest BCUT2D eigenvalue weighted by Gasteiger charge is -2.42. The van der Waals surface area contributed by atoms with E-state index in [2.05, 4.69) is 13.8 Å². The third-order valence-electron chi connectivity index (χ3n) is 13.4. The number of carbonyl (C=O) groups is 1. The van der Waals surface area contributed by atoms with Gasteiger partial charge in [0.15, 0.2) is 12.6 Å². The molecule has 11 atom stereocenters. The first-order valence-corrected chi connectivity index (χ1v) is 27.1. The van der Waals surface area contributed by atoms with Crippen LogP contribution in [-0.4, -0.2) is 142 Å². The minimum Gasteiger partial charge on any atom is -0.457 e. The van der Waals surface area contributed by atoms with E-state index < -0.39 is 80.7 Å². The zero-order chi connectivity index (χ0) is 48.0. The molecule has 66 heavy (non-hydrogen) atoms. The summed E-state index contributed by atoms with van der Waals surface area (Å²) in [5.74, 6) is -0.371. The van der Waals surface area contributed by atoms with Gasteiger partial charge < -0.3 is 64.2 Å². The number of aliphatic hydroxyl groups excluding tert-OH is 7. The van der Waals surface area contributed by atoms with Crippen molar-refractivity contribution in [3.05, 3.63) is 0 Å². The van der Waals surface area contributed by atoms with Crippen molar-refractivity contribution in [3.8, 4) is 0 Å². The molecule has 2 aliphatic heterocycles. The molecule has 0 amide bonds. The molecule has 0 aromatic carbocycles. The highest BCUT2D eigenvalue weighted by Crippen LogP contribution is 2.27. The third kappa shape index (κ3) is 28.0. The molecule has 11 unspecified atom stereocenters. The van der Waals surface area contributed by atoms with Crippen molar-refractivity contribution in [2.24, 2.45) is 0 Å². The minimum absolute atomic E-state index is 0.0704. The van der Waals surface area contributed by atoms with Crippen LogP contribution in [0.1, 0.15) is 226 Å². The Bertz CT molecular complexity index is 1100. The minimum atomic E-state index is -1.70. The fourth-order valence-electron chi connectivity index (χ4n) is 8.93. The van der Waals surface area contributed by atoms with Crippen LogP contribution in [0.25, 0.3) is 0 Å². The summed E-state index contributed by atoms with van der Waals surface area (Å²) in [6.45, 7) is 3.74. The second kappa shape index (κ2) is 40.7. The maximum atomic E-state index is 13.0. The Morgan fingerprint density at radius 3 is 1.23 bits per heavy atom. The van der Waals surface area contributed by atoms with Crippen LogP contribution in [0, 0.1) is 0 Å². The molecule has 0 bridgehead atoms. The Hall–Kier alpha value is -1.01. The molecule has 2 saturated heterocycles. The summed E-state index contributed by atoms with van der Waals surface area (Å²) < 4.78 is 34.3. The second-order valence-corrected chi connectivity index (χ2v) is 19.4. The van der Waals surface area contributed by atoms with E-state index in [0.29, 0.717) is 13.0 Å². The van der Waals surface area contributed by atoms with E-state index in [1.807, 2.05) is 0 Å². The summed E-state index contributed by atoms with van der Waals surface area (Å²) in [6.07, 6.45) is 24.5. The number of unbranched alkanes of at least 4 members (excludes halogenated alkanes) is 30. The van der Waals surface area contributed by atoms with Crippen molar-refractivity contribution in [3.63, 3.8) is 0 Å². The molecule has 0 aromatic heterocycles. The topological polar surface area (TPSA) is 214 Å². The fraction of sp³-hybridized carbons (Fsp3) is 0.981. The highest BCUT2D eigenvalue weighted by molar-refractivity contribution is 5.69. The number of hydrogen-bond donors (Lipinski definition) is 7. The van der Waals surface area contributed by atoms with Crippen LogP contribution < -0.4 is 0 Å². The molecule has 0 radical (unpaired) electrons. The monoisotopic (exact) mass is 949 g/mol. The van der Waals surface area contributed by atoms with Gasteiger partial charge in [0.1, 0.15) is 54.9 Å². The Balaban J connectivity index is 1.71. The Labute approximate surface area is 400 Å². The van der Waals surface area contributed by atoms with Crippen molar-refractivity contribution in [2.75, 3.05) is 33.0 Å². The zero-order valence-electron chi connectivity index (χ0n) is 41.7. The van der Waals surface area contributed by atoms with E-state index in [1.54, 1.807) is 0 Å². The van der Waals surface area contributed by atoms with Gasteiger partial charge in [-0.25, -0.2) is 0 Å². The maximum absolute atomic E-state index is 13.0. The first-order valence-electron chi connectivity index (χ1n) is 27.1. The van der Waals surface area contributed by atoms with E-state index in [4.69, 9.17) is 28.4 Å². The van der Waals surface area contributed by atoms with E-state index in [9.17, 15) is 40.5 Å². The van der Waals surface area contributed by atoms with E-state index in [1.165, 1.54) is 161 Å². The first-order chi connectivity index (χ1) is 32.1. The van der Waals surface area contributed by atoms with Crippen LogP contribution in [0.15, 0.2) is 0 Å². The van der Waals surface area contributed by atoms with Gasteiger partial charge in [-0.2, -0.15) is 0 Å². The molecule has 7 N–H and O–H groups in total. The summed E-state index contributed by atoms with van der Waals surface area (Å²) in [4.78, 5) is 13.0. The zero-order valence-corrected chi connectivity index (χ0v) is 41.7. The van der Waals surface area contributed by atoms with E-state index >= 15 is 0 Å². The lowest BCUT2D eigenvalue weighted by Crippen LogP contribution is -2.61. The van der Waals surface area contributed by atoms with Crippen molar-refractivity contribution < 1.29 is 69.0 Å². The van der Waals surface area contributed by atoms with Crippen molar-refractivity contribution in [1.82, 2.24) is 0 Å². The molecular weight excluding hydrogens is 849 g/mol. The van der Waals surface area contributed by atoms with Gasteiger partial charge in [0.25, 0.3) is 0 Å². The number of rotatable bonds is 44. The summed E-state index contributed by atoms with van der Waals surface area (Å²) in [5.41, 5.74) is 0. The van der Waals surface area contributed by atoms with Crippen molar-refractivity contribution >= 4 is 5.97 Å². The van der Waals surface area contributed by atoms with Gasteiger partial charge in [-0.05, 0) is 12.8 Å². The lowest BCUT2D eigenvalue weighted by molar-refractivity contribution is -0.332. The molecule has 392 valence electrons. The third-order valence-corrected chi connectivity index (χ3v) is 13.4. The number of esters is 1. The van der Waals surface area contributed by atoms with Crippen molar-refractivity contribution in [2.45, 2.75) is 293 Å². The first kappa shape index (κ1) is 61.1. The molecule has 14 nitrogen and oxygen atoms in total. The standard InChI is InChI=1S/C52H100O14/c1-3-5-7-9-11-13-15-17-18-19-20-21-22-23-24-26-28-30-32-34-36-61-38-41(64-44(54)35-33-31-29-27-25-16-14-12-10-8-6-4-2)39-62-51-50(60)48(58)46(56)43(66-51)40-63-52-49(59)47(57)45(55)42(37-53)65-52/h41-43,45-53,55-60H,3-40H2,1-2H3. The molecule has 2 rings (SSSR count). The van der Waals surface area contributed by atoms with Crippen LogP contribution in [0.5, 0.6) is 0 Å². The van der Waals surface area contributed by atoms with Gasteiger partial charge >= 0.3 is 5.97 Å². The predicted octanol–water partition coefficient (Wildman–Crippen LogP) is 8.47. The molecular formula is C52H100O14. The molecule has 2 fully saturated rings. The Morgan fingerprint density at radius 2 is 0.803 bits per heavy atom. The highest BCUT2D eigenvalue weighted by atomic mass is 16.7. The van der Waals surface area contributed by atoms with Gasteiger partial charge in [0.2, 0.25) is 0 Å². The average molecular weight is 949 g/mol. The second-order valence-electron chi connectivity index (χ2n) is 19.4. The molecule has 0 aliphatic carbocycles. The van der Waals surface area contributed by atoms with Gasteiger partial charge in [0, 0.05) is 13.0 Å². The normalized spacial score (nSPS) is 26.2. The lowest BCUT2D eigenvalue weighted by atomic mass is 9.98. The SMILES string of the molecule is CCCCCCCCCCCCCCCCCCCCCCOCC(COC1OC(COC2OC(CO)C(O)C(O)C2O)C(O)C(O)C1O)OC(=O)CCCCCCCCCCCCCC. The summed E-state index contributed by atoms with van der Waals surface area (Å²) in [5, 5.41) is 72.1. The van der Waals surface area contributed by atoms with E-state index in [-0.39, 0.29) is 25.6 Å². The van der Waals surface area contributed by atoms with Gasteiger partial charge in [0.05, 0.1) is 26.4 Å². The number of aliphatic hydroxyl groups is 7. The molecule has 2 heterocycles. The van der Waals surface area contributed by atoms with Gasteiger partial charge in [-0.1, -0.05) is 206 Å². The number of ether oxygens (including phenoxy) is 6. The molecule has 0 saturated carbocycles. The number of hydrogen-bond acceptors (Lipinski definition) is 14. The van der Waals surface area contributed by atoms with Crippen LogP contribution >= 0.6 is 0 Å².